The zero-order valence-electron chi connectivity index (χ0n) is 9.95. The van der Waals surface area contributed by atoms with E-state index in [4.69, 9.17) is 5.73 Å². The van der Waals surface area contributed by atoms with E-state index in [0.29, 0.717) is 0 Å². The zero-order valence-corrected chi connectivity index (χ0v) is 10.8. The number of aryl methyl sites for hydroxylation is 1. The van der Waals surface area contributed by atoms with E-state index in [0.717, 1.165) is 28.2 Å². The highest BCUT2D eigenvalue weighted by molar-refractivity contribution is 7.09. The largest absolute Gasteiger partial charge is 0.323 e. The molecule has 0 bridgehead atoms. The fourth-order valence-electron chi connectivity index (χ4n) is 1.93. The zero-order chi connectivity index (χ0) is 12.5. The van der Waals surface area contributed by atoms with E-state index in [1.165, 1.54) is 0 Å². The Hall–Kier alpha value is -1.79. The van der Waals surface area contributed by atoms with Crippen LogP contribution in [0, 0.1) is 6.92 Å². The third-order valence-electron chi connectivity index (χ3n) is 2.82. The van der Waals surface area contributed by atoms with Crippen LogP contribution in [0.25, 0.3) is 5.52 Å². The molecule has 0 saturated carbocycles. The topological polar surface area (TPSA) is 69.1 Å². The van der Waals surface area contributed by atoms with Crippen molar-refractivity contribution in [3.8, 4) is 0 Å². The van der Waals surface area contributed by atoms with Gasteiger partial charge in [0, 0.05) is 41.5 Å². The molecular formula is C12H13N5S. The summed E-state index contributed by atoms with van der Waals surface area (Å²) in [7, 11) is 0. The third-order valence-corrected chi connectivity index (χ3v) is 3.80. The van der Waals surface area contributed by atoms with Crippen molar-refractivity contribution in [2.45, 2.75) is 19.4 Å². The minimum Gasteiger partial charge on any atom is -0.323 e. The number of nitrogens with two attached hydrogens (primary N) is 1. The molecule has 3 rings (SSSR count). The van der Waals surface area contributed by atoms with Crippen LogP contribution in [-0.2, 0) is 6.42 Å². The second kappa shape index (κ2) is 4.47. The number of aromatic nitrogens is 4. The lowest BCUT2D eigenvalue weighted by Gasteiger charge is -2.07. The molecule has 2 N–H and O–H groups in total. The van der Waals surface area contributed by atoms with E-state index in [1.54, 1.807) is 28.2 Å². The van der Waals surface area contributed by atoms with Gasteiger partial charge in [-0.1, -0.05) is 0 Å². The van der Waals surface area contributed by atoms with Crippen molar-refractivity contribution in [2.24, 2.45) is 5.73 Å². The minimum atomic E-state index is -0.0998. The number of hydrogen-bond donors (Lipinski definition) is 1. The number of thiazole rings is 1. The summed E-state index contributed by atoms with van der Waals surface area (Å²) in [4.78, 5) is 8.55. The maximum absolute atomic E-state index is 6.23. The first-order valence-corrected chi connectivity index (χ1v) is 6.56. The highest BCUT2D eigenvalue weighted by Crippen LogP contribution is 2.21. The summed E-state index contributed by atoms with van der Waals surface area (Å²) in [6, 6.07) is -0.0998. The Kier molecular flexibility index (Phi) is 2.81. The van der Waals surface area contributed by atoms with Crippen LogP contribution < -0.4 is 5.73 Å². The van der Waals surface area contributed by atoms with Gasteiger partial charge in [0.1, 0.15) is 0 Å². The van der Waals surface area contributed by atoms with Gasteiger partial charge >= 0.3 is 0 Å². The first-order valence-electron chi connectivity index (χ1n) is 5.68. The lowest BCUT2D eigenvalue weighted by Crippen LogP contribution is -2.13. The van der Waals surface area contributed by atoms with Crippen molar-refractivity contribution in [1.82, 2.24) is 19.6 Å². The van der Waals surface area contributed by atoms with Crippen LogP contribution >= 0.6 is 11.3 Å². The Labute approximate surface area is 108 Å². The highest BCUT2D eigenvalue weighted by Gasteiger charge is 2.14. The first-order chi connectivity index (χ1) is 8.74. The Morgan fingerprint density at radius 2 is 2.33 bits per heavy atom. The summed E-state index contributed by atoms with van der Waals surface area (Å²) in [5.41, 5.74) is 9.24. The smallest absolute Gasteiger partial charge is 0.0947 e. The minimum absolute atomic E-state index is 0.0998. The van der Waals surface area contributed by atoms with Gasteiger partial charge < -0.3 is 5.73 Å². The van der Waals surface area contributed by atoms with Crippen molar-refractivity contribution < 1.29 is 0 Å². The molecule has 0 radical (unpaired) electrons. The molecule has 1 atom stereocenters. The fourth-order valence-corrected chi connectivity index (χ4v) is 2.76. The fraction of sp³-hybridized carbons (Fsp3) is 0.250. The standard InChI is InChI=1S/C12H13N5S/c1-8-7-18-12(16-8)4-10(13)9-5-15-17-3-2-14-6-11(9)17/h2-3,5-7,10H,4,13H2,1H3. The summed E-state index contributed by atoms with van der Waals surface area (Å²) in [5, 5.41) is 7.37. The molecule has 92 valence electrons. The SMILES string of the molecule is Cc1csc(CC(N)c2cnn3ccncc23)n1. The van der Waals surface area contributed by atoms with Crippen LogP contribution in [0.5, 0.6) is 0 Å². The van der Waals surface area contributed by atoms with Gasteiger partial charge in [0.05, 0.1) is 22.9 Å². The van der Waals surface area contributed by atoms with Gasteiger partial charge in [-0.05, 0) is 6.92 Å². The van der Waals surface area contributed by atoms with Gasteiger partial charge in [-0.15, -0.1) is 11.3 Å². The van der Waals surface area contributed by atoms with Crippen LogP contribution in [0.3, 0.4) is 0 Å². The van der Waals surface area contributed by atoms with Crippen LogP contribution in [0.4, 0.5) is 0 Å². The van der Waals surface area contributed by atoms with Gasteiger partial charge in [0.15, 0.2) is 0 Å². The molecule has 3 heterocycles. The van der Waals surface area contributed by atoms with Crippen LogP contribution in [0.2, 0.25) is 0 Å². The second-order valence-electron chi connectivity index (χ2n) is 4.20. The molecule has 0 aliphatic rings. The van der Waals surface area contributed by atoms with Gasteiger partial charge in [-0.25, -0.2) is 9.50 Å². The quantitative estimate of drug-likeness (QED) is 0.777. The van der Waals surface area contributed by atoms with Crippen LogP contribution in [-0.4, -0.2) is 19.6 Å². The summed E-state index contributed by atoms with van der Waals surface area (Å²) < 4.78 is 1.79. The molecule has 0 aromatic carbocycles. The van der Waals surface area contributed by atoms with E-state index in [9.17, 15) is 0 Å². The normalized spacial score (nSPS) is 13.0. The van der Waals surface area contributed by atoms with E-state index < -0.39 is 0 Å². The predicted molar refractivity (Wildman–Crippen MR) is 70.5 cm³/mol. The maximum Gasteiger partial charge on any atom is 0.0947 e. The molecule has 0 amide bonds. The van der Waals surface area contributed by atoms with Crippen molar-refractivity contribution in [3.05, 3.63) is 46.4 Å². The van der Waals surface area contributed by atoms with E-state index in [-0.39, 0.29) is 6.04 Å². The molecule has 0 aliphatic heterocycles. The van der Waals surface area contributed by atoms with Gasteiger partial charge in [-0.3, -0.25) is 4.98 Å². The molecule has 0 saturated heterocycles. The molecule has 0 fully saturated rings. The number of rotatable bonds is 3. The molecule has 3 aromatic rings. The average Bonchev–Trinajstić information content (AvgIpc) is 2.95. The van der Waals surface area contributed by atoms with E-state index in [2.05, 4.69) is 15.1 Å². The van der Waals surface area contributed by atoms with E-state index in [1.807, 2.05) is 24.7 Å². The second-order valence-corrected chi connectivity index (χ2v) is 5.14. The lowest BCUT2D eigenvalue weighted by atomic mass is 10.1. The summed E-state index contributed by atoms with van der Waals surface area (Å²) >= 11 is 1.65. The predicted octanol–water partition coefficient (Wildman–Crippen LogP) is 1.74. The molecule has 6 heteroatoms. The van der Waals surface area contributed by atoms with Crippen LogP contribution in [0.1, 0.15) is 22.3 Å². The number of nitrogens with zero attached hydrogens (tertiary/aromatic N) is 4. The van der Waals surface area contributed by atoms with Gasteiger partial charge in [-0.2, -0.15) is 5.10 Å². The molecule has 0 spiro atoms. The Morgan fingerprint density at radius 1 is 1.44 bits per heavy atom. The Bertz CT molecular complexity index is 672. The molecule has 5 nitrogen and oxygen atoms in total. The molecule has 3 aromatic heterocycles. The highest BCUT2D eigenvalue weighted by atomic mass is 32.1. The summed E-state index contributed by atoms with van der Waals surface area (Å²) in [6.45, 7) is 1.99. The average molecular weight is 259 g/mol. The number of fused-ring (bicyclic) bond motifs is 1. The molecule has 1 unspecified atom stereocenters. The van der Waals surface area contributed by atoms with Crippen molar-refractivity contribution in [1.29, 1.82) is 0 Å². The molecular weight excluding hydrogens is 246 g/mol. The van der Waals surface area contributed by atoms with Gasteiger partial charge in [0.25, 0.3) is 0 Å². The summed E-state index contributed by atoms with van der Waals surface area (Å²) in [6.07, 6.45) is 7.85. The molecule has 18 heavy (non-hydrogen) atoms. The number of hydrogen-bond acceptors (Lipinski definition) is 5. The Morgan fingerprint density at radius 3 is 3.11 bits per heavy atom. The first kappa shape index (κ1) is 11.3. The maximum atomic E-state index is 6.23. The van der Waals surface area contributed by atoms with Crippen molar-refractivity contribution in [3.63, 3.8) is 0 Å². The Balaban J connectivity index is 1.90. The summed E-state index contributed by atoms with van der Waals surface area (Å²) in [5.74, 6) is 0. The van der Waals surface area contributed by atoms with E-state index >= 15 is 0 Å². The molecule has 0 aliphatic carbocycles. The monoisotopic (exact) mass is 259 g/mol. The van der Waals surface area contributed by atoms with Gasteiger partial charge in [0.2, 0.25) is 0 Å². The van der Waals surface area contributed by atoms with Crippen molar-refractivity contribution in [2.75, 3.05) is 0 Å². The third kappa shape index (κ3) is 2.00. The lowest BCUT2D eigenvalue weighted by molar-refractivity contribution is 0.722. The van der Waals surface area contributed by atoms with Crippen molar-refractivity contribution >= 4 is 16.9 Å². The van der Waals surface area contributed by atoms with Crippen LogP contribution in [0.15, 0.2) is 30.2 Å².